The highest BCUT2D eigenvalue weighted by Crippen LogP contribution is 2.40. The summed E-state index contributed by atoms with van der Waals surface area (Å²) >= 11 is 0. The van der Waals surface area contributed by atoms with E-state index in [2.05, 4.69) is 5.32 Å². The zero-order valence-corrected chi connectivity index (χ0v) is 14.5. The Morgan fingerprint density at radius 1 is 1.04 bits per heavy atom. The van der Waals surface area contributed by atoms with Gasteiger partial charge in [-0.3, -0.25) is 9.59 Å². The van der Waals surface area contributed by atoms with Crippen molar-refractivity contribution in [1.29, 1.82) is 0 Å². The molecule has 0 bridgehead atoms. The summed E-state index contributed by atoms with van der Waals surface area (Å²) in [5, 5.41) is 2.97. The molecule has 0 spiro atoms. The minimum atomic E-state index is -0.515. The Balaban J connectivity index is 1.67. The molecule has 0 heterocycles. The van der Waals surface area contributed by atoms with Crippen LogP contribution in [-0.4, -0.2) is 23.3 Å². The normalized spacial score (nSPS) is 14.6. The average molecular weight is 336 g/mol. The summed E-state index contributed by atoms with van der Waals surface area (Å²) in [6.07, 6.45) is 2.19. The third kappa shape index (κ3) is 4.47. The van der Waals surface area contributed by atoms with Crippen molar-refractivity contribution < 1.29 is 9.59 Å². The van der Waals surface area contributed by atoms with Crippen LogP contribution in [0.2, 0.25) is 0 Å². The van der Waals surface area contributed by atoms with Crippen LogP contribution in [0.5, 0.6) is 0 Å². The highest BCUT2D eigenvalue weighted by Gasteiger charge is 2.35. The van der Waals surface area contributed by atoms with Gasteiger partial charge in [-0.05, 0) is 36.8 Å². The first kappa shape index (κ1) is 17.2. The average Bonchev–Trinajstić information content (AvgIpc) is 3.50. The monoisotopic (exact) mass is 336 g/mol. The number of rotatable bonds is 6. The van der Waals surface area contributed by atoms with Crippen LogP contribution in [-0.2, 0) is 16.1 Å². The second-order valence-corrected chi connectivity index (χ2v) is 6.50. The van der Waals surface area contributed by atoms with Crippen LogP contribution in [0.1, 0.15) is 36.9 Å². The van der Waals surface area contributed by atoms with Gasteiger partial charge in [0.25, 0.3) is 0 Å². The van der Waals surface area contributed by atoms with Gasteiger partial charge in [0, 0.05) is 13.1 Å². The van der Waals surface area contributed by atoms with Gasteiger partial charge in [0.2, 0.25) is 0 Å². The summed E-state index contributed by atoms with van der Waals surface area (Å²) in [6, 6.07) is 19.6. The predicted molar refractivity (Wildman–Crippen MR) is 97.6 cm³/mol. The molecule has 2 aromatic carbocycles. The maximum Gasteiger partial charge on any atom is 0.312 e. The first-order valence-electron chi connectivity index (χ1n) is 8.87. The van der Waals surface area contributed by atoms with Crippen LogP contribution in [0.4, 0.5) is 0 Å². The van der Waals surface area contributed by atoms with Crippen molar-refractivity contribution in [1.82, 2.24) is 10.2 Å². The molecule has 0 aliphatic heterocycles. The standard InChI is InChI=1S/C21H24N2O2/c1-2-23(15-16-9-5-3-6-10-16)21(25)20(24)22-19(18-13-14-18)17-11-7-4-8-12-17/h3-12,18-19H,2,13-15H2,1H3,(H,22,24). The molecule has 4 nitrogen and oxygen atoms in total. The zero-order chi connectivity index (χ0) is 17.6. The summed E-state index contributed by atoms with van der Waals surface area (Å²) in [5.74, 6) is -0.546. The van der Waals surface area contributed by atoms with Gasteiger partial charge in [0.15, 0.2) is 0 Å². The van der Waals surface area contributed by atoms with Gasteiger partial charge in [0.05, 0.1) is 6.04 Å². The molecule has 1 fully saturated rings. The Kier molecular flexibility index (Phi) is 5.49. The molecule has 0 saturated heterocycles. The first-order chi connectivity index (χ1) is 12.2. The SMILES string of the molecule is CCN(Cc1ccccc1)C(=O)C(=O)NC(c1ccccc1)C1CC1. The number of likely N-dealkylation sites (N-methyl/N-ethyl adjacent to an activating group) is 1. The second-order valence-electron chi connectivity index (χ2n) is 6.50. The minimum absolute atomic E-state index is 0.0759. The molecular formula is C21H24N2O2. The van der Waals surface area contributed by atoms with Crippen LogP contribution in [0, 0.1) is 5.92 Å². The first-order valence-corrected chi connectivity index (χ1v) is 8.87. The Morgan fingerprint density at radius 3 is 2.20 bits per heavy atom. The quantitative estimate of drug-likeness (QED) is 0.823. The van der Waals surface area contributed by atoms with Crippen LogP contribution in [0.15, 0.2) is 60.7 Å². The lowest BCUT2D eigenvalue weighted by Gasteiger charge is -2.23. The maximum absolute atomic E-state index is 12.6. The molecule has 1 saturated carbocycles. The molecule has 3 rings (SSSR count). The molecule has 1 N–H and O–H groups in total. The van der Waals surface area contributed by atoms with E-state index in [0.717, 1.165) is 24.0 Å². The van der Waals surface area contributed by atoms with Gasteiger partial charge in [-0.2, -0.15) is 0 Å². The number of carbonyl (C=O) groups excluding carboxylic acids is 2. The number of carbonyl (C=O) groups is 2. The second kappa shape index (κ2) is 7.97. The smallest absolute Gasteiger partial charge is 0.312 e. The van der Waals surface area contributed by atoms with Crippen LogP contribution >= 0.6 is 0 Å². The summed E-state index contributed by atoms with van der Waals surface area (Å²) in [4.78, 5) is 26.7. The number of nitrogens with zero attached hydrogens (tertiary/aromatic N) is 1. The van der Waals surface area contributed by atoms with Crippen molar-refractivity contribution >= 4 is 11.8 Å². The van der Waals surface area contributed by atoms with E-state index in [1.54, 1.807) is 4.90 Å². The molecule has 1 aliphatic carbocycles. The van der Waals surface area contributed by atoms with E-state index in [4.69, 9.17) is 0 Å². The number of amides is 2. The summed E-state index contributed by atoms with van der Waals surface area (Å²) in [7, 11) is 0. The molecule has 1 unspecified atom stereocenters. The topological polar surface area (TPSA) is 49.4 Å². The van der Waals surface area contributed by atoms with E-state index in [1.165, 1.54) is 0 Å². The van der Waals surface area contributed by atoms with Gasteiger partial charge < -0.3 is 10.2 Å². The fourth-order valence-corrected chi connectivity index (χ4v) is 3.04. The predicted octanol–water partition coefficient (Wildman–Crippen LogP) is 3.30. The fraction of sp³-hybridized carbons (Fsp3) is 0.333. The number of nitrogens with one attached hydrogen (secondary N) is 1. The van der Waals surface area contributed by atoms with Crippen molar-refractivity contribution in [3.05, 3.63) is 71.8 Å². The number of hydrogen-bond donors (Lipinski definition) is 1. The highest BCUT2D eigenvalue weighted by atomic mass is 16.2. The van der Waals surface area contributed by atoms with E-state index in [-0.39, 0.29) is 6.04 Å². The lowest BCUT2D eigenvalue weighted by molar-refractivity contribution is -0.146. The van der Waals surface area contributed by atoms with E-state index in [1.807, 2.05) is 67.6 Å². The van der Waals surface area contributed by atoms with Crippen LogP contribution in [0.3, 0.4) is 0 Å². The molecule has 2 aromatic rings. The van der Waals surface area contributed by atoms with Gasteiger partial charge in [-0.15, -0.1) is 0 Å². The molecular weight excluding hydrogens is 312 g/mol. The Hall–Kier alpha value is -2.62. The Labute approximate surface area is 148 Å². The largest absolute Gasteiger partial charge is 0.341 e. The third-order valence-electron chi connectivity index (χ3n) is 4.62. The lowest BCUT2D eigenvalue weighted by Crippen LogP contribution is -2.44. The van der Waals surface area contributed by atoms with E-state index >= 15 is 0 Å². The molecule has 1 aliphatic rings. The molecule has 2 amide bonds. The summed E-state index contributed by atoms with van der Waals surface area (Å²) in [5.41, 5.74) is 2.09. The fourth-order valence-electron chi connectivity index (χ4n) is 3.04. The van der Waals surface area contributed by atoms with Crippen LogP contribution in [0.25, 0.3) is 0 Å². The minimum Gasteiger partial charge on any atom is -0.341 e. The van der Waals surface area contributed by atoms with Crippen LogP contribution < -0.4 is 5.32 Å². The lowest BCUT2D eigenvalue weighted by atomic mass is 10.0. The van der Waals surface area contributed by atoms with E-state index in [9.17, 15) is 9.59 Å². The van der Waals surface area contributed by atoms with Gasteiger partial charge >= 0.3 is 11.8 Å². The molecule has 25 heavy (non-hydrogen) atoms. The van der Waals surface area contributed by atoms with E-state index in [0.29, 0.717) is 19.0 Å². The number of benzene rings is 2. The molecule has 130 valence electrons. The van der Waals surface area contributed by atoms with Crippen molar-refractivity contribution in [2.24, 2.45) is 5.92 Å². The summed E-state index contributed by atoms with van der Waals surface area (Å²) < 4.78 is 0. The molecule has 0 aromatic heterocycles. The van der Waals surface area contributed by atoms with Crippen molar-refractivity contribution in [3.8, 4) is 0 Å². The highest BCUT2D eigenvalue weighted by molar-refractivity contribution is 6.35. The maximum atomic E-state index is 12.6. The van der Waals surface area contributed by atoms with Gasteiger partial charge in [0.1, 0.15) is 0 Å². The van der Waals surface area contributed by atoms with Crippen molar-refractivity contribution in [2.45, 2.75) is 32.4 Å². The number of hydrogen-bond acceptors (Lipinski definition) is 2. The summed E-state index contributed by atoms with van der Waals surface area (Å²) in [6.45, 7) is 2.84. The molecule has 0 radical (unpaired) electrons. The van der Waals surface area contributed by atoms with Gasteiger partial charge in [-0.1, -0.05) is 60.7 Å². The molecule has 1 atom stereocenters. The van der Waals surface area contributed by atoms with E-state index < -0.39 is 11.8 Å². The zero-order valence-electron chi connectivity index (χ0n) is 14.5. The Bertz CT molecular complexity index is 711. The molecule has 4 heteroatoms. The van der Waals surface area contributed by atoms with Gasteiger partial charge in [-0.25, -0.2) is 0 Å². The van der Waals surface area contributed by atoms with Crippen molar-refractivity contribution in [2.75, 3.05) is 6.54 Å². The van der Waals surface area contributed by atoms with Crippen molar-refractivity contribution in [3.63, 3.8) is 0 Å². The Morgan fingerprint density at radius 2 is 1.64 bits per heavy atom. The third-order valence-corrected chi connectivity index (χ3v) is 4.62.